The third-order valence-corrected chi connectivity index (χ3v) is 3.76. The molecule has 5 heteroatoms. The molecule has 0 aliphatic heterocycles. The van der Waals surface area contributed by atoms with Crippen LogP contribution in [0.3, 0.4) is 0 Å². The van der Waals surface area contributed by atoms with Crippen molar-refractivity contribution in [3.05, 3.63) is 42.5 Å². The molecule has 0 spiro atoms. The van der Waals surface area contributed by atoms with E-state index in [1.807, 2.05) is 44.2 Å². The smallest absolute Gasteiger partial charge is 0.226 e. The van der Waals surface area contributed by atoms with Crippen molar-refractivity contribution in [3.8, 4) is 0 Å². The summed E-state index contributed by atoms with van der Waals surface area (Å²) >= 11 is 0. The lowest BCUT2D eigenvalue weighted by Crippen LogP contribution is -2.39. The van der Waals surface area contributed by atoms with Crippen LogP contribution >= 0.6 is 0 Å². The number of carbonyl (C=O) groups is 1. The van der Waals surface area contributed by atoms with Crippen LogP contribution in [0.1, 0.15) is 39.2 Å². The number of nitrogens with zero attached hydrogens (tertiary/aromatic N) is 2. The quantitative estimate of drug-likeness (QED) is 0.311. The number of aliphatic imine (C=N–C) groups is 1. The molecule has 0 aliphatic rings. The molecule has 1 amide bonds. The first-order valence-electron chi connectivity index (χ1n) is 8.98. The van der Waals surface area contributed by atoms with Gasteiger partial charge in [-0.05, 0) is 37.5 Å². The molecule has 1 rings (SSSR count). The van der Waals surface area contributed by atoms with Crippen LogP contribution in [0.4, 0.5) is 5.69 Å². The van der Waals surface area contributed by atoms with Crippen molar-refractivity contribution in [1.82, 2.24) is 10.2 Å². The number of amides is 1. The van der Waals surface area contributed by atoms with Crippen LogP contribution in [-0.2, 0) is 11.3 Å². The van der Waals surface area contributed by atoms with Gasteiger partial charge in [-0.15, -0.1) is 6.58 Å². The molecule has 0 unspecified atom stereocenters. The number of hydrogen-bond donors (Lipinski definition) is 2. The van der Waals surface area contributed by atoms with Gasteiger partial charge < -0.3 is 15.5 Å². The van der Waals surface area contributed by atoms with Crippen LogP contribution < -0.4 is 10.6 Å². The first kappa shape index (κ1) is 20.7. The fraction of sp³-hybridized carbons (Fsp3) is 0.500. The second-order valence-corrected chi connectivity index (χ2v) is 6.36. The predicted octanol–water partition coefficient (Wildman–Crippen LogP) is 3.64. The van der Waals surface area contributed by atoms with E-state index in [0.717, 1.165) is 43.1 Å². The summed E-state index contributed by atoms with van der Waals surface area (Å²) in [5.74, 6) is 0.911. The SMILES string of the molecule is C=CCCCN(C)C(=NCc1ccc(NC(=O)C(C)C)cc1)NCC. The highest BCUT2D eigenvalue weighted by molar-refractivity contribution is 5.92. The van der Waals surface area contributed by atoms with Crippen LogP contribution in [-0.4, -0.2) is 36.9 Å². The summed E-state index contributed by atoms with van der Waals surface area (Å²) in [7, 11) is 2.05. The van der Waals surface area contributed by atoms with E-state index in [9.17, 15) is 4.79 Å². The Hall–Kier alpha value is -2.30. The van der Waals surface area contributed by atoms with Crippen LogP contribution in [0, 0.1) is 5.92 Å². The number of benzene rings is 1. The molecular weight excluding hydrogens is 312 g/mol. The largest absolute Gasteiger partial charge is 0.357 e. The van der Waals surface area contributed by atoms with Crippen LogP contribution in [0.5, 0.6) is 0 Å². The highest BCUT2D eigenvalue weighted by Gasteiger charge is 2.07. The molecule has 0 aliphatic carbocycles. The summed E-state index contributed by atoms with van der Waals surface area (Å²) in [5, 5.41) is 6.22. The van der Waals surface area contributed by atoms with Gasteiger partial charge in [-0.1, -0.05) is 32.1 Å². The number of rotatable bonds is 9. The Balaban J connectivity index is 2.66. The van der Waals surface area contributed by atoms with Gasteiger partial charge in [0.15, 0.2) is 5.96 Å². The number of hydrogen-bond acceptors (Lipinski definition) is 2. The van der Waals surface area contributed by atoms with Gasteiger partial charge in [0.2, 0.25) is 5.91 Å². The van der Waals surface area contributed by atoms with Crippen molar-refractivity contribution in [1.29, 1.82) is 0 Å². The maximum atomic E-state index is 11.7. The van der Waals surface area contributed by atoms with Crippen molar-refractivity contribution in [2.75, 3.05) is 25.5 Å². The summed E-state index contributed by atoms with van der Waals surface area (Å²) in [5.41, 5.74) is 1.93. The monoisotopic (exact) mass is 344 g/mol. The molecular formula is C20H32N4O. The fourth-order valence-corrected chi connectivity index (χ4v) is 2.19. The van der Waals surface area contributed by atoms with E-state index in [1.165, 1.54) is 0 Å². The number of allylic oxidation sites excluding steroid dienone is 1. The lowest BCUT2D eigenvalue weighted by atomic mass is 10.2. The molecule has 0 heterocycles. The van der Waals surface area contributed by atoms with E-state index in [2.05, 4.69) is 36.1 Å². The third kappa shape index (κ3) is 7.88. The molecule has 0 radical (unpaired) electrons. The highest BCUT2D eigenvalue weighted by Crippen LogP contribution is 2.12. The van der Waals surface area contributed by atoms with Gasteiger partial charge in [0, 0.05) is 31.7 Å². The second kappa shape index (κ2) is 11.3. The van der Waals surface area contributed by atoms with Gasteiger partial charge >= 0.3 is 0 Å². The lowest BCUT2D eigenvalue weighted by Gasteiger charge is -2.21. The Labute approximate surface area is 152 Å². The Morgan fingerprint density at radius 2 is 2.00 bits per heavy atom. The standard InChI is InChI=1S/C20H32N4O/c1-6-8-9-14-24(5)20(21-7-2)22-15-17-10-12-18(13-11-17)23-19(25)16(3)4/h6,10-13,16H,1,7-9,14-15H2,2-5H3,(H,21,22)(H,23,25). The van der Waals surface area contributed by atoms with E-state index < -0.39 is 0 Å². The minimum atomic E-state index is -0.0245. The maximum absolute atomic E-state index is 11.7. The van der Waals surface area contributed by atoms with Gasteiger partial charge in [-0.3, -0.25) is 4.79 Å². The van der Waals surface area contributed by atoms with Crippen LogP contribution in [0.15, 0.2) is 41.9 Å². The van der Waals surface area contributed by atoms with Gasteiger partial charge in [0.05, 0.1) is 6.54 Å². The van der Waals surface area contributed by atoms with Gasteiger partial charge in [0.1, 0.15) is 0 Å². The first-order valence-corrected chi connectivity index (χ1v) is 8.98. The summed E-state index contributed by atoms with van der Waals surface area (Å²) in [6, 6.07) is 7.85. The van der Waals surface area contributed by atoms with Crippen LogP contribution in [0.2, 0.25) is 0 Å². The molecule has 25 heavy (non-hydrogen) atoms. The lowest BCUT2D eigenvalue weighted by molar-refractivity contribution is -0.118. The second-order valence-electron chi connectivity index (χ2n) is 6.36. The zero-order chi connectivity index (χ0) is 18.7. The van der Waals surface area contributed by atoms with Crippen molar-refractivity contribution in [2.45, 2.75) is 40.2 Å². The summed E-state index contributed by atoms with van der Waals surface area (Å²) < 4.78 is 0. The zero-order valence-corrected chi connectivity index (χ0v) is 16.0. The average molecular weight is 345 g/mol. The molecule has 138 valence electrons. The number of carbonyl (C=O) groups excluding carboxylic acids is 1. The Kier molecular flexibility index (Phi) is 9.37. The molecule has 1 aromatic rings. The Bertz CT molecular complexity index is 564. The fourth-order valence-electron chi connectivity index (χ4n) is 2.19. The van der Waals surface area contributed by atoms with Crippen molar-refractivity contribution in [2.24, 2.45) is 10.9 Å². The van der Waals surface area contributed by atoms with E-state index in [1.54, 1.807) is 0 Å². The maximum Gasteiger partial charge on any atom is 0.226 e. The molecule has 0 atom stereocenters. The third-order valence-electron chi connectivity index (χ3n) is 3.76. The van der Waals surface area contributed by atoms with Crippen LogP contribution in [0.25, 0.3) is 0 Å². The molecule has 5 nitrogen and oxygen atoms in total. The van der Waals surface area contributed by atoms with E-state index in [4.69, 9.17) is 4.99 Å². The zero-order valence-electron chi connectivity index (χ0n) is 16.0. The minimum Gasteiger partial charge on any atom is -0.357 e. The topological polar surface area (TPSA) is 56.7 Å². The molecule has 0 aromatic heterocycles. The van der Waals surface area contributed by atoms with Crippen molar-refractivity contribution < 1.29 is 4.79 Å². The normalized spacial score (nSPS) is 11.3. The summed E-state index contributed by atoms with van der Waals surface area (Å²) in [6.45, 7) is 12.0. The molecule has 0 saturated heterocycles. The van der Waals surface area contributed by atoms with E-state index in [-0.39, 0.29) is 11.8 Å². The molecule has 0 saturated carbocycles. The predicted molar refractivity (Wildman–Crippen MR) is 107 cm³/mol. The van der Waals surface area contributed by atoms with E-state index >= 15 is 0 Å². The molecule has 2 N–H and O–H groups in total. The molecule has 1 aromatic carbocycles. The summed E-state index contributed by atoms with van der Waals surface area (Å²) in [6.07, 6.45) is 4.01. The number of nitrogens with one attached hydrogen (secondary N) is 2. The first-order chi connectivity index (χ1) is 12.0. The molecule has 0 bridgehead atoms. The van der Waals surface area contributed by atoms with E-state index in [0.29, 0.717) is 6.54 Å². The van der Waals surface area contributed by atoms with Crippen molar-refractivity contribution >= 4 is 17.6 Å². The van der Waals surface area contributed by atoms with Gasteiger partial charge in [0.25, 0.3) is 0 Å². The summed E-state index contributed by atoms with van der Waals surface area (Å²) in [4.78, 5) is 18.6. The Morgan fingerprint density at radius 3 is 2.56 bits per heavy atom. The highest BCUT2D eigenvalue weighted by atomic mass is 16.1. The van der Waals surface area contributed by atoms with Crippen molar-refractivity contribution in [3.63, 3.8) is 0 Å². The Morgan fingerprint density at radius 1 is 1.32 bits per heavy atom. The number of anilines is 1. The number of unbranched alkanes of at least 4 members (excludes halogenated alkanes) is 1. The van der Waals surface area contributed by atoms with Gasteiger partial charge in [-0.2, -0.15) is 0 Å². The molecule has 0 fully saturated rings. The van der Waals surface area contributed by atoms with Gasteiger partial charge in [-0.25, -0.2) is 4.99 Å². The average Bonchev–Trinajstić information content (AvgIpc) is 2.59. The number of guanidine groups is 1. The minimum absolute atomic E-state index is 0.0245.